The normalized spacial score (nSPS) is 25.7. The number of alkyl halides is 1. The molecule has 0 unspecified atom stereocenters. The average molecular weight is 296 g/mol. The first-order valence-electron chi connectivity index (χ1n) is 5.62. The number of hydrogen-bond acceptors (Lipinski definition) is 2. The van der Waals surface area contributed by atoms with Crippen LogP contribution >= 0.6 is 15.9 Å². The van der Waals surface area contributed by atoms with Crippen molar-refractivity contribution >= 4 is 26.0 Å². The second-order valence-corrected chi connectivity index (χ2v) is 7.51. The van der Waals surface area contributed by atoms with Crippen molar-refractivity contribution in [2.45, 2.75) is 43.8 Å². The van der Waals surface area contributed by atoms with Crippen molar-refractivity contribution in [3.63, 3.8) is 0 Å². The molecule has 0 aromatic carbocycles. The van der Waals surface area contributed by atoms with E-state index in [4.69, 9.17) is 0 Å². The summed E-state index contributed by atoms with van der Waals surface area (Å²) in [5.74, 6) is 0. The van der Waals surface area contributed by atoms with Gasteiger partial charge < -0.3 is 0 Å². The summed E-state index contributed by atoms with van der Waals surface area (Å²) < 4.78 is 26.2. The molecule has 0 bridgehead atoms. The van der Waals surface area contributed by atoms with Gasteiger partial charge >= 0.3 is 0 Å². The molecule has 2 saturated carbocycles. The maximum atomic E-state index is 11.7. The number of sulfonamides is 1. The molecule has 0 spiro atoms. The first kappa shape index (κ1) is 11.9. The SMILES string of the molecule is O=S(=O)(NCC1(CBr)CCCC1)C1CC1. The summed E-state index contributed by atoms with van der Waals surface area (Å²) in [5.41, 5.74) is 0.183. The standard InChI is InChI=1S/C10H18BrNO2S/c11-7-10(5-1-2-6-10)8-12-15(13,14)9-3-4-9/h9,12H,1-8H2. The molecule has 0 saturated heterocycles. The number of nitrogens with one attached hydrogen (secondary N) is 1. The van der Waals surface area contributed by atoms with E-state index >= 15 is 0 Å². The molecule has 2 aliphatic carbocycles. The Morgan fingerprint density at radius 3 is 2.33 bits per heavy atom. The smallest absolute Gasteiger partial charge is 0.214 e. The first-order chi connectivity index (χ1) is 7.08. The van der Waals surface area contributed by atoms with Gasteiger partial charge in [-0.2, -0.15) is 0 Å². The number of hydrogen-bond donors (Lipinski definition) is 1. The summed E-state index contributed by atoms with van der Waals surface area (Å²) >= 11 is 3.52. The highest BCUT2D eigenvalue weighted by molar-refractivity contribution is 9.09. The fourth-order valence-corrected chi connectivity index (χ4v) is 4.49. The monoisotopic (exact) mass is 295 g/mol. The van der Waals surface area contributed by atoms with Gasteiger partial charge in [0.1, 0.15) is 0 Å². The quantitative estimate of drug-likeness (QED) is 0.789. The van der Waals surface area contributed by atoms with Crippen molar-refractivity contribution in [1.82, 2.24) is 4.72 Å². The lowest BCUT2D eigenvalue weighted by Gasteiger charge is -2.26. The summed E-state index contributed by atoms with van der Waals surface area (Å²) in [4.78, 5) is 0. The molecule has 0 aliphatic heterocycles. The van der Waals surface area contributed by atoms with Crippen LogP contribution in [0.4, 0.5) is 0 Å². The predicted octanol–water partition coefficient (Wildman–Crippen LogP) is 2.02. The Bertz CT molecular complexity index is 318. The minimum atomic E-state index is -2.99. The Hall–Kier alpha value is 0.390. The van der Waals surface area contributed by atoms with Crippen LogP contribution in [0.15, 0.2) is 0 Å². The minimum absolute atomic E-state index is 0.0914. The van der Waals surface area contributed by atoms with Crippen molar-refractivity contribution < 1.29 is 8.42 Å². The third kappa shape index (κ3) is 2.74. The van der Waals surface area contributed by atoms with Crippen LogP contribution in [0.1, 0.15) is 38.5 Å². The maximum Gasteiger partial charge on any atom is 0.214 e. The lowest BCUT2D eigenvalue weighted by molar-refractivity contribution is 0.347. The molecule has 0 aromatic heterocycles. The van der Waals surface area contributed by atoms with Gasteiger partial charge in [0.05, 0.1) is 5.25 Å². The lowest BCUT2D eigenvalue weighted by atomic mass is 9.89. The molecule has 1 N–H and O–H groups in total. The predicted molar refractivity (Wildman–Crippen MR) is 64.6 cm³/mol. The molecule has 88 valence electrons. The fraction of sp³-hybridized carbons (Fsp3) is 1.00. The molecule has 2 aliphatic rings. The Labute approximate surface area is 100 Å². The second kappa shape index (κ2) is 4.34. The Kier molecular flexibility index (Phi) is 3.43. The van der Waals surface area contributed by atoms with E-state index in [0.717, 1.165) is 31.0 Å². The highest BCUT2D eigenvalue weighted by Gasteiger charge is 2.39. The molecule has 0 atom stereocenters. The second-order valence-electron chi connectivity index (χ2n) is 4.91. The van der Waals surface area contributed by atoms with E-state index in [1.807, 2.05) is 0 Å². The molecule has 3 nitrogen and oxygen atoms in total. The lowest BCUT2D eigenvalue weighted by Crippen LogP contribution is -2.38. The number of halogens is 1. The van der Waals surface area contributed by atoms with Gasteiger partial charge in [-0.25, -0.2) is 13.1 Å². The zero-order chi connectivity index (χ0) is 10.9. The largest absolute Gasteiger partial charge is 0.214 e. The van der Waals surface area contributed by atoms with Gasteiger partial charge in [0.2, 0.25) is 10.0 Å². The van der Waals surface area contributed by atoms with E-state index in [2.05, 4.69) is 20.7 Å². The van der Waals surface area contributed by atoms with Gasteiger partial charge in [-0.05, 0) is 31.1 Å². The third-order valence-electron chi connectivity index (χ3n) is 3.56. The molecule has 2 rings (SSSR count). The summed E-state index contributed by atoms with van der Waals surface area (Å²) in [5, 5.41) is 0.818. The molecule has 0 heterocycles. The van der Waals surface area contributed by atoms with Crippen molar-refractivity contribution in [3.8, 4) is 0 Å². The third-order valence-corrected chi connectivity index (χ3v) is 6.64. The van der Waals surface area contributed by atoms with E-state index in [1.165, 1.54) is 12.8 Å². The zero-order valence-electron chi connectivity index (χ0n) is 8.84. The average Bonchev–Trinajstić information content (AvgIpc) is 2.97. The van der Waals surface area contributed by atoms with Crippen LogP contribution in [0.2, 0.25) is 0 Å². The van der Waals surface area contributed by atoms with E-state index in [0.29, 0.717) is 6.54 Å². The summed E-state index contributed by atoms with van der Waals surface area (Å²) in [6, 6.07) is 0. The Morgan fingerprint density at radius 2 is 1.87 bits per heavy atom. The fourth-order valence-electron chi connectivity index (χ4n) is 2.23. The molecule has 2 fully saturated rings. The Balaban J connectivity index is 1.90. The van der Waals surface area contributed by atoms with Gasteiger partial charge in [0.15, 0.2) is 0 Å². The molecule has 0 amide bonds. The molecule has 15 heavy (non-hydrogen) atoms. The van der Waals surface area contributed by atoms with Crippen molar-refractivity contribution in [3.05, 3.63) is 0 Å². The molecular weight excluding hydrogens is 278 g/mol. The molecular formula is C10H18BrNO2S. The minimum Gasteiger partial charge on any atom is -0.214 e. The van der Waals surface area contributed by atoms with E-state index in [1.54, 1.807) is 0 Å². The summed E-state index contributed by atoms with van der Waals surface area (Å²) in [6.07, 6.45) is 6.44. The van der Waals surface area contributed by atoms with Crippen LogP contribution in [-0.4, -0.2) is 25.5 Å². The van der Waals surface area contributed by atoms with Crippen LogP contribution in [0, 0.1) is 5.41 Å². The van der Waals surface area contributed by atoms with E-state index in [-0.39, 0.29) is 10.7 Å². The van der Waals surface area contributed by atoms with E-state index < -0.39 is 10.0 Å². The van der Waals surface area contributed by atoms with Crippen LogP contribution in [0.5, 0.6) is 0 Å². The van der Waals surface area contributed by atoms with Crippen LogP contribution < -0.4 is 4.72 Å². The first-order valence-corrected chi connectivity index (χ1v) is 8.29. The number of rotatable bonds is 5. The van der Waals surface area contributed by atoms with Crippen molar-refractivity contribution in [2.75, 3.05) is 11.9 Å². The summed E-state index contributed by atoms with van der Waals surface area (Å²) in [7, 11) is -2.99. The summed E-state index contributed by atoms with van der Waals surface area (Å²) in [6.45, 7) is 0.622. The van der Waals surface area contributed by atoms with Gasteiger partial charge in [-0.1, -0.05) is 28.8 Å². The van der Waals surface area contributed by atoms with Gasteiger partial charge in [-0.3, -0.25) is 0 Å². The van der Waals surface area contributed by atoms with Crippen molar-refractivity contribution in [1.29, 1.82) is 0 Å². The van der Waals surface area contributed by atoms with Crippen LogP contribution in [-0.2, 0) is 10.0 Å². The highest BCUT2D eigenvalue weighted by atomic mass is 79.9. The van der Waals surface area contributed by atoms with E-state index in [9.17, 15) is 8.42 Å². The molecule has 0 aromatic rings. The maximum absolute atomic E-state index is 11.7. The van der Waals surface area contributed by atoms with Crippen LogP contribution in [0.3, 0.4) is 0 Å². The zero-order valence-corrected chi connectivity index (χ0v) is 11.2. The topological polar surface area (TPSA) is 46.2 Å². The van der Waals surface area contributed by atoms with Crippen molar-refractivity contribution in [2.24, 2.45) is 5.41 Å². The van der Waals surface area contributed by atoms with Gasteiger partial charge in [-0.15, -0.1) is 0 Å². The van der Waals surface area contributed by atoms with Crippen LogP contribution in [0.25, 0.3) is 0 Å². The molecule has 5 heteroatoms. The Morgan fingerprint density at radius 1 is 1.27 bits per heavy atom. The molecule has 0 radical (unpaired) electrons. The highest BCUT2D eigenvalue weighted by Crippen LogP contribution is 2.39. The van der Waals surface area contributed by atoms with Gasteiger partial charge in [0, 0.05) is 11.9 Å². The van der Waals surface area contributed by atoms with Gasteiger partial charge in [0.25, 0.3) is 0 Å².